The number of aliphatic imine (C=N–C) groups is 1. The Morgan fingerprint density at radius 1 is 1.41 bits per heavy atom. The zero-order chi connectivity index (χ0) is 23.1. The third-order valence-corrected chi connectivity index (χ3v) is 6.84. The molecule has 0 unspecified atom stereocenters. The summed E-state index contributed by atoms with van der Waals surface area (Å²) in [7, 11) is 0. The highest BCUT2D eigenvalue weighted by Crippen LogP contribution is 2.66. The molecule has 0 saturated heterocycles. The van der Waals surface area contributed by atoms with Crippen LogP contribution in [0.15, 0.2) is 29.5 Å². The Bertz CT molecular complexity index is 1150. The number of thioether (sulfide) groups is 1. The highest BCUT2D eigenvalue weighted by molar-refractivity contribution is 8.15. The molecule has 1 aromatic heterocycles. The molecule has 32 heavy (non-hydrogen) atoms. The standard InChI is InChI=1S/C21H18F3N5O2S/c1-3-4-31-16-9-26-14(8-27-16)18(30)28-11-5-12(17(24)13(23)6-11)20(2)15-7-21(15,10-22)32-19(25)29-20/h1,5-6,8-9,15H,4,7,10H2,2H3,(H2,25,29)(H,28,30)/t15-,20-,21+/m0/s1. The fourth-order valence-corrected chi connectivity index (χ4v) is 5.25. The van der Waals surface area contributed by atoms with Crippen molar-refractivity contribution in [3.05, 3.63) is 47.4 Å². The van der Waals surface area contributed by atoms with Crippen LogP contribution in [0.25, 0.3) is 0 Å². The van der Waals surface area contributed by atoms with Crippen molar-refractivity contribution < 1.29 is 22.7 Å². The summed E-state index contributed by atoms with van der Waals surface area (Å²) in [6.45, 7) is 0.923. The van der Waals surface area contributed by atoms with Gasteiger partial charge in [0.1, 0.15) is 12.4 Å². The molecule has 1 fully saturated rings. The van der Waals surface area contributed by atoms with Crippen molar-refractivity contribution in [1.29, 1.82) is 0 Å². The number of rotatable bonds is 6. The third kappa shape index (κ3) is 3.75. The number of aromatic nitrogens is 2. The third-order valence-electron chi connectivity index (χ3n) is 5.58. The van der Waals surface area contributed by atoms with E-state index in [4.69, 9.17) is 16.9 Å². The summed E-state index contributed by atoms with van der Waals surface area (Å²) in [6.07, 6.45) is 7.89. The van der Waals surface area contributed by atoms with E-state index in [-0.39, 0.29) is 40.5 Å². The minimum atomic E-state index is -1.27. The van der Waals surface area contributed by atoms with E-state index in [1.807, 2.05) is 0 Å². The number of hydrogen-bond acceptors (Lipinski definition) is 7. The molecule has 2 heterocycles. The smallest absolute Gasteiger partial charge is 0.275 e. The lowest BCUT2D eigenvalue weighted by molar-refractivity contribution is 0.102. The number of carbonyl (C=O) groups is 1. The topological polar surface area (TPSA) is 102 Å². The van der Waals surface area contributed by atoms with Crippen molar-refractivity contribution in [2.75, 3.05) is 18.6 Å². The summed E-state index contributed by atoms with van der Waals surface area (Å²) >= 11 is 1.12. The largest absolute Gasteiger partial charge is 0.463 e. The summed E-state index contributed by atoms with van der Waals surface area (Å²) < 4.78 is 47.2. The summed E-state index contributed by atoms with van der Waals surface area (Å²) in [4.78, 5) is 24.7. The molecule has 0 radical (unpaired) electrons. The second-order valence-electron chi connectivity index (χ2n) is 7.66. The molecule has 0 bridgehead atoms. The van der Waals surface area contributed by atoms with Crippen molar-refractivity contribution >= 4 is 28.5 Å². The average molecular weight is 461 g/mol. The van der Waals surface area contributed by atoms with E-state index in [0.717, 1.165) is 24.0 Å². The molecule has 166 valence electrons. The zero-order valence-corrected chi connectivity index (χ0v) is 17.7. The molecule has 2 aliphatic rings. The lowest BCUT2D eigenvalue weighted by Gasteiger charge is -2.33. The summed E-state index contributed by atoms with van der Waals surface area (Å²) in [5, 5.41) is 2.58. The van der Waals surface area contributed by atoms with Crippen molar-refractivity contribution in [1.82, 2.24) is 9.97 Å². The van der Waals surface area contributed by atoms with Crippen molar-refractivity contribution in [3.8, 4) is 18.2 Å². The molecule has 7 nitrogen and oxygen atoms in total. The number of benzene rings is 1. The van der Waals surface area contributed by atoms with Crippen LogP contribution in [0.3, 0.4) is 0 Å². The number of fused-ring (bicyclic) bond motifs is 1. The summed E-state index contributed by atoms with van der Waals surface area (Å²) in [5.41, 5.74) is 4.40. The Balaban J connectivity index is 1.62. The van der Waals surface area contributed by atoms with E-state index < -0.39 is 34.5 Å². The molecule has 1 saturated carbocycles. The van der Waals surface area contributed by atoms with Gasteiger partial charge in [-0.25, -0.2) is 23.1 Å². The van der Waals surface area contributed by atoms with E-state index in [1.54, 1.807) is 6.92 Å². The molecule has 3 N–H and O–H groups in total. The number of nitrogens with zero attached hydrogens (tertiary/aromatic N) is 3. The molecule has 11 heteroatoms. The number of carbonyl (C=O) groups excluding carboxylic acids is 1. The van der Waals surface area contributed by atoms with Crippen molar-refractivity contribution in [2.24, 2.45) is 16.6 Å². The highest BCUT2D eigenvalue weighted by atomic mass is 32.2. The fourth-order valence-electron chi connectivity index (χ4n) is 3.92. The number of halogens is 3. The lowest BCUT2D eigenvalue weighted by atomic mass is 9.85. The number of amidine groups is 1. The first-order valence-electron chi connectivity index (χ1n) is 9.52. The van der Waals surface area contributed by atoms with E-state index in [9.17, 15) is 18.0 Å². The van der Waals surface area contributed by atoms with Gasteiger partial charge in [0.2, 0.25) is 5.88 Å². The molecular weight excluding hydrogens is 443 g/mol. The minimum absolute atomic E-state index is 0.00713. The number of anilines is 1. The molecule has 1 amide bonds. The van der Waals surface area contributed by atoms with Crippen molar-refractivity contribution in [3.63, 3.8) is 0 Å². The van der Waals surface area contributed by atoms with E-state index >= 15 is 0 Å². The summed E-state index contributed by atoms with van der Waals surface area (Å²) in [6, 6.07) is 2.13. The van der Waals surface area contributed by atoms with Crippen LogP contribution in [0.4, 0.5) is 18.9 Å². The summed E-state index contributed by atoms with van der Waals surface area (Å²) in [5.74, 6) is -0.958. The maximum Gasteiger partial charge on any atom is 0.275 e. The van der Waals surface area contributed by atoms with E-state index in [1.165, 1.54) is 12.3 Å². The van der Waals surface area contributed by atoms with Gasteiger partial charge in [0, 0.05) is 23.2 Å². The molecular formula is C21H18F3N5O2S. The van der Waals surface area contributed by atoms with Gasteiger partial charge in [-0.2, -0.15) is 0 Å². The zero-order valence-electron chi connectivity index (χ0n) is 16.9. The van der Waals surface area contributed by atoms with Crippen LogP contribution in [-0.2, 0) is 5.54 Å². The van der Waals surface area contributed by atoms with Gasteiger partial charge in [-0.05, 0) is 19.4 Å². The molecule has 1 aliphatic carbocycles. The lowest BCUT2D eigenvalue weighted by Crippen LogP contribution is -2.37. The first kappa shape index (κ1) is 22.0. The maximum atomic E-state index is 14.8. The number of nitrogens with one attached hydrogen (secondary N) is 1. The van der Waals surface area contributed by atoms with Gasteiger partial charge in [-0.15, -0.1) is 6.42 Å². The Morgan fingerprint density at radius 3 is 2.84 bits per heavy atom. The van der Waals surface area contributed by atoms with Gasteiger partial charge >= 0.3 is 0 Å². The maximum absolute atomic E-state index is 14.8. The predicted molar refractivity (Wildman–Crippen MR) is 114 cm³/mol. The van der Waals surface area contributed by atoms with E-state index in [2.05, 4.69) is 26.2 Å². The Labute approximate surface area is 186 Å². The fraction of sp³-hybridized carbons (Fsp3) is 0.333. The molecule has 1 aromatic carbocycles. The number of terminal acetylenes is 1. The first-order valence-corrected chi connectivity index (χ1v) is 10.3. The van der Waals surface area contributed by atoms with Crippen LogP contribution >= 0.6 is 11.8 Å². The second kappa shape index (κ2) is 8.02. The van der Waals surface area contributed by atoms with Crippen LogP contribution in [0.2, 0.25) is 0 Å². The van der Waals surface area contributed by atoms with Gasteiger partial charge in [-0.1, -0.05) is 17.7 Å². The molecule has 1 aliphatic heterocycles. The van der Waals surface area contributed by atoms with Gasteiger partial charge in [0.15, 0.2) is 23.4 Å². The van der Waals surface area contributed by atoms with Crippen LogP contribution in [0.5, 0.6) is 5.88 Å². The van der Waals surface area contributed by atoms with Gasteiger partial charge in [0.25, 0.3) is 5.91 Å². The SMILES string of the molecule is C#CCOc1cnc(C(=O)Nc2cc(F)c(F)c([C@]3(C)N=C(N)S[C@@]4(CF)C[C@H]43)c2)cn1. The van der Waals surface area contributed by atoms with Crippen LogP contribution in [0.1, 0.15) is 29.4 Å². The number of hydrogen-bond donors (Lipinski definition) is 2. The Kier molecular flexibility index (Phi) is 5.50. The number of nitrogens with two attached hydrogens (primary N) is 1. The van der Waals surface area contributed by atoms with Gasteiger partial charge in [-0.3, -0.25) is 9.79 Å². The second-order valence-corrected chi connectivity index (χ2v) is 9.10. The Morgan fingerprint density at radius 2 is 2.19 bits per heavy atom. The van der Waals surface area contributed by atoms with Crippen LogP contribution in [-0.4, -0.2) is 39.1 Å². The molecule has 3 atom stereocenters. The van der Waals surface area contributed by atoms with E-state index in [0.29, 0.717) is 6.42 Å². The molecule has 4 rings (SSSR count). The monoisotopic (exact) mass is 461 g/mol. The average Bonchev–Trinajstić information content (AvgIpc) is 3.50. The number of amides is 1. The quantitative estimate of drug-likeness (QED) is 0.642. The Hall–Kier alpha value is -3.26. The minimum Gasteiger partial charge on any atom is -0.463 e. The molecule has 2 aromatic rings. The van der Waals surface area contributed by atoms with Gasteiger partial charge in [0.05, 0.1) is 22.7 Å². The number of ether oxygens (including phenoxy) is 1. The molecule has 0 spiro atoms. The van der Waals surface area contributed by atoms with Gasteiger partial charge < -0.3 is 15.8 Å². The van der Waals surface area contributed by atoms with Crippen molar-refractivity contribution in [2.45, 2.75) is 23.6 Å². The van der Waals surface area contributed by atoms with Crippen LogP contribution in [0, 0.1) is 29.9 Å². The normalized spacial score (nSPS) is 25.8. The number of alkyl halides is 1. The first-order chi connectivity index (χ1) is 15.2. The van der Waals surface area contributed by atoms with Crippen LogP contribution < -0.4 is 15.8 Å². The highest BCUT2D eigenvalue weighted by Gasteiger charge is 2.66. The predicted octanol–water partition coefficient (Wildman–Crippen LogP) is 3.02.